The summed E-state index contributed by atoms with van der Waals surface area (Å²) in [4.78, 5) is 30.4. The Balaban J connectivity index is 2.13. The number of fused-ring (bicyclic) bond motifs is 1. The molecule has 0 radical (unpaired) electrons. The third-order valence-electron chi connectivity index (χ3n) is 5.42. The first kappa shape index (κ1) is 21.6. The summed E-state index contributed by atoms with van der Waals surface area (Å²) in [6, 6.07) is 0.875. The topological polar surface area (TPSA) is 107 Å². The van der Waals surface area contributed by atoms with Gasteiger partial charge in [-0.25, -0.2) is 4.79 Å². The molecule has 2 aliphatic heterocycles. The first-order chi connectivity index (χ1) is 13.4. The maximum Gasteiger partial charge on any atom is 0.411 e. The molecule has 3 heterocycles. The van der Waals surface area contributed by atoms with Crippen LogP contribution >= 0.6 is 0 Å². The third kappa shape index (κ3) is 4.00. The lowest BCUT2D eigenvalue weighted by atomic mass is 9.99. The van der Waals surface area contributed by atoms with Crippen LogP contribution in [0.5, 0.6) is 0 Å². The SMILES string of the molecule is CCc1cc(C2[C@@H]3OC(C)(C)O[C@@H]3[C@@H](CC)N2C(=O)OC(C)(C)C)c(=O)[nH]c1N. The molecule has 2 fully saturated rings. The molecule has 8 nitrogen and oxygen atoms in total. The number of ether oxygens (including phenoxy) is 3. The van der Waals surface area contributed by atoms with E-state index in [9.17, 15) is 9.59 Å². The molecule has 1 unspecified atom stereocenters. The van der Waals surface area contributed by atoms with Crippen molar-refractivity contribution in [1.29, 1.82) is 0 Å². The molecule has 4 atom stereocenters. The van der Waals surface area contributed by atoms with E-state index in [1.807, 2.05) is 48.5 Å². The van der Waals surface area contributed by atoms with Crippen LogP contribution in [0, 0.1) is 0 Å². The van der Waals surface area contributed by atoms with Gasteiger partial charge in [-0.2, -0.15) is 0 Å². The molecule has 162 valence electrons. The van der Waals surface area contributed by atoms with Gasteiger partial charge in [0.05, 0.1) is 12.1 Å². The lowest BCUT2D eigenvalue weighted by molar-refractivity contribution is -0.167. The van der Waals surface area contributed by atoms with Gasteiger partial charge in [0, 0.05) is 5.56 Å². The van der Waals surface area contributed by atoms with Crippen LogP contribution in [0.25, 0.3) is 0 Å². The van der Waals surface area contributed by atoms with Gasteiger partial charge in [0.1, 0.15) is 23.6 Å². The second-order valence-electron chi connectivity index (χ2n) is 9.22. The maximum atomic E-state index is 13.2. The predicted molar refractivity (Wildman–Crippen MR) is 110 cm³/mol. The Bertz CT molecular complexity index is 842. The van der Waals surface area contributed by atoms with E-state index in [1.54, 1.807) is 11.0 Å². The number of aryl methyl sites for hydroxylation is 1. The average Bonchev–Trinajstić information content (AvgIpc) is 3.03. The molecular formula is C21H33N3O5. The van der Waals surface area contributed by atoms with Crippen molar-refractivity contribution in [2.24, 2.45) is 0 Å². The van der Waals surface area contributed by atoms with Crippen LogP contribution in [0.1, 0.15) is 72.1 Å². The number of rotatable bonds is 3. The molecular weight excluding hydrogens is 374 g/mol. The number of anilines is 1. The summed E-state index contributed by atoms with van der Waals surface area (Å²) in [6.07, 6.45) is -0.0123. The van der Waals surface area contributed by atoms with E-state index in [2.05, 4.69) is 4.98 Å². The number of carbonyl (C=O) groups is 1. The van der Waals surface area contributed by atoms with E-state index in [4.69, 9.17) is 19.9 Å². The van der Waals surface area contributed by atoms with Crippen LogP contribution < -0.4 is 11.3 Å². The maximum absolute atomic E-state index is 13.2. The highest BCUT2D eigenvalue weighted by Crippen LogP contribution is 2.48. The summed E-state index contributed by atoms with van der Waals surface area (Å²) in [5.41, 5.74) is 6.22. The molecule has 0 saturated carbocycles. The quantitative estimate of drug-likeness (QED) is 0.797. The molecule has 3 rings (SSSR count). The lowest BCUT2D eigenvalue weighted by Crippen LogP contribution is -2.46. The van der Waals surface area contributed by atoms with E-state index in [-0.39, 0.29) is 17.7 Å². The molecule has 29 heavy (non-hydrogen) atoms. The second kappa shape index (κ2) is 7.32. The first-order valence-corrected chi connectivity index (χ1v) is 10.3. The monoisotopic (exact) mass is 407 g/mol. The Kier molecular flexibility index (Phi) is 5.47. The molecule has 0 aromatic carbocycles. The Labute approximate surface area is 171 Å². The summed E-state index contributed by atoms with van der Waals surface area (Å²) in [5.74, 6) is -0.453. The highest BCUT2D eigenvalue weighted by atomic mass is 16.8. The summed E-state index contributed by atoms with van der Waals surface area (Å²) in [7, 11) is 0. The first-order valence-electron chi connectivity index (χ1n) is 10.3. The van der Waals surface area contributed by atoms with Crippen molar-refractivity contribution in [2.75, 3.05) is 5.73 Å². The van der Waals surface area contributed by atoms with E-state index >= 15 is 0 Å². The van der Waals surface area contributed by atoms with Gasteiger partial charge >= 0.3 is 6.09 Å². The largest absolute Gasteiger partial charge is 0.444 e. The standard InChI is InChI=1S/C21H33N3O5/c1-8-11-10-12(18(25)23-17(11)22)14-16-15(27-21(6,7)28-16)13(9-2)24(14)19(26)29-20(3,4)5/h10,13-16H,8-9H2,1-7H3,(H3,22,23,25)/t13-,14?,15-,16+/m1/s1. The Hall–Kier alpha value is -2.06. The molecule has 1 aromatic rings. The minimum absolute atomic E-state index is 0.274. The number of H-pyrrole nitrogens is 1. The van der Waals surface area contributed by atoms with E-state index < -0.39 is 29.6 Å². The molecule has 0 spiro atoms. The van der Waals surface area contributed by atoms with Crippen molar-refractivity contribution in [2.45, 2.75) is 97.0 Å². The Morgan fingerprint density at radius 1 is 1.28 bits per heavy atom. The number of amides is 1. The number of likely N-dealkylation sites (tertiary alicyclic amines) is 1. The van der Waals surface area contributed by atoms with Crippen molar-refractivity contribution in [3.63, 3.8) is 0 Å². The van der Waals surface area contributed by atoms with Crippen LogP contribution in [-0.2, 0) is 20.6 Å². The zero-order chi connectivity index (χ0) is 21.7. The number of hydrogen-bond acceptors (Lipinski definition) is 6. The highest BCUT2D eigenvalue weighted by molar-refractivity contribution is 5.70. The van der Waals surface area contributed by atoms with Crippen molar-refractivity contribution >= 4 is 11.9 Å². The predicted octanol–water partition coefficient (Wildman–Crippen LogP) is 3.11. The molecule has 0 aliphatic carbocycles. The van der Waals surface area contributed by atoms with Crippen LogP contribution in [0.15, 0.2) is 10.9 Å². The second-order valence-corrected chi connectivity index (χ2v) is 9.22. The number of aromatic amines is 1. The van der Waals surface area contributed by atoms with E-state index in [1.165, 1.54) is 0 Å². The number of pyridine rings is 1. The number of nitrogen functional groups attached to an aromatic ring is 1. The normalized spacial score (nSPS) is 28.4. The minimum Gasteiger partial charge on any atom is -0.444 e. The number of aromatic nitrogens is 1. The zero-order valence-electron chi connectivity index (χ0n) is 18.4. The van der Waals surface area contributed by atoms with Crippen LogP contribution in [0.3, 0.4) is 0 Å². The summed E-state index contributed by atoms with van der Waals surface area (Å²) < 4.78 is 18.0. The fourth-order valence-electron chi connectivity index (χ4n) is 4.32. The number of nitrogens with zero attached hydrogens (tertiary/aromatic N) is 1. The fraction of sp³-hybridized carbons (Fsp3) is 0.714. The number of hydrogen-bond donors (Lipinski definition) is 2. The van der Waals surface area contributed by atoms with Gasteiger partial charge in [0.15, 0.2) is 5.79 Å². The van der Waals surface area contributed by atoms with Gasteiger partial charge in [-0.05, 0) is 59.1 Å². The lowest BCUT2D eigenvalue weighted by Gasteiger charge is -2.35. The van der Waals surface area contributed by atoms with Gasteiger partial charge < -0.3 is 24.9 Å². The number of nitrogens with one attached hydrogen (secondary N) is 1. The Morgan fingerprint density at radius 2 is 1.90 bits per heavy atom. The van der Waals surface area contributed by atoms with Crippen molar-refractivity contribution in [3.05, 3.63) is 27.5 Å². The van der Waals surface area contributed by atoms with Crippen LogP contribution in [0.2, 0.25) is 0 Å². The van der Waals surface area contributed by atoms with Gasteiger partial charge in [-0.3, -0.25) is 9.69 Å². The van der Waals surface area contributed by atoms with Crippen LogP contribution in [0.4, 0.5) is 10.6 Å². The number of nitrogens with two attached hydrogens (primary N) is 1. The molecule has 3 N–H and O–H groups in total. The van der Waals surface area contributed by atoms with Gasteiger partial charge in [0.25, 0.3) is 5.56 Å². The molecule has 8 heteroatoms. The van der Waals surface area contributed by atoms with Gasteiger partial charge in [-0.1, -0.05) is 13.8 Å². The van der Waals surface area contributed by atoms with E-state index in [0.717, 1.165) is 5.56 Å². The molecule has 1 amide bonds. The zero-order valence-corrected chi connectivity index (χ0v) is 18.4. The molecule has 2 aliphatic rings. The van der Waals surface area contributed by atoms with Crippen LogP contribution in [-0.4, -0.2) is 45.6 Å². The van der Waals surface area contributed by atoms with Crippen molar-refractivity contribution < 1.29 is 19.0 Å². The molecule has 2 saturated heterocycles. The summed E-state index contributed by atoms with van der Waals surface area (Å²) in [6.45, 7) is 13.1. The highest BCUT2D eigenvalue weighted by Gasteiger charge is 2.60. The van der Waals surface area contributed by atoms with Gasteiger partial charge in [-0.15, -0.1) is 0 Å². The fourth-order valence-corrected chi connectivity index (χ4v) is 4.32. The third-order valence-corrected chi connectivity index (χ3v) is 5.42. The summed E-state index contributed by atoms with van der Waals surface area (Å²) in [5, 5.41) is 0. The van der Waals surface area contributed by atoms with Gasteiger partial charge in [0.2, 0.25) is 0 Å². The smallest absolute Gasteiger partial charge is 0.411 e. The molecule has 0 bridgehead atoms. The van der Waals surface area contributed by atoms with Crippen molar-refractivity contribution in [1.82, 2.24) is 9.88 Å². The average molecular weight is 408 g/mol. The molecule has 1 aromatic heterocycles. The summed E-state index contributed by atoms with van der Waals surface area (Å²) >= 11 is 0. The number of carbonyl (C=O) groups excluding carboxylic acids is 1. The van der Waals surface area contributed by atoms with Crippen molar-refractivity contribution in [3.8, 4) is 0 Å². The van der Waals surface area contributed by atoms with E-state index in [0.29, 0.717) is 24.2 Å². The minimum atomic E-state index is -0.796. The Morgan fingerprint density at radius 3 is 2.45 bits per heavy atom.